The van der Waals surface area contributed by atoms with Crippen LogP contribution < -0.4 is 5.56 Å². The summed E-state index contributed by atoms with van der Waals surface area (Å²) in [7, 11) is 0. The maximum Gasteiger partial charge on any atom is 0.266 e. The molecular weight excluding hydrogens is 300 g/mol. The third-order valence-electron chi connectivity index (χ3n) is 2.46. The summed E-state index contributed by atoms with van der Waals surface area (Å²) in [6, 6.07) is 6.19. The summed E-state index contributed by atoms with van der Waals surface area (Å²) in [6.45, 7) is 4.14. The number of nitrogens with one attached hydrogen (secondary N) is 1. The summed E-state index contributed by atoms with van der Waals surface area (Å²) in [6.07, 6.45) is 1.41. The van der Waals surface area contributed by atoms with Crippen molar-refractivity contribution in [3.8, 4) is 0 Å². The van der Waals surface area contributed by atoms with Gasteiger partial charge in [0.25, 0.3) is 5.56 Å². The molecule has 0 saturated heterocycles. The Bertz CT molecular complexity index is 610. The topological polar surface area (TPSA) is 45.8 Å². The Kier molecular flexibility index (Phi) is 3.69. The molecule has 0 amide bonds. The van der Waals surface area contributed by atoms with Crippen molar-refractivity contribution >= 4 is 27.7 Å². The Labute approximate surface area is 112 Å². The highest BCUT2D eigenvalue weighted by Gasteiger charge is 2.07. The van der Waals surface area contributed by atoms with Crippen LogP contribution in [0, 0.1) is 13.8 Å². The van der Waals surface area contributed by atoms with E-state index in [1.807, 2.05) is 6.07 Å². The summed E-state index contributed by atoms with van der Waals surface area (Å²) in [4.78, 5) is 19.1. The standard InChI is InChI=1S/C12H11BrN2OS/c1-7-3-4-9(5-8(7)2)17-12-10(13)11(16)14-6-15-12/h3-6H,1-2H3,(H,14,15,16). The number of hydrogen-bond donors (Lipinski definition) is 1. The van der Waals surface area contributed by atoms with E-state index < -0.39 is 0 Å². The number of aromatic nitrogens is 2. The van der Waals surface area contributed by atoms with Gasteiger partial charge in [0, 0.05) is 4.90 Å². The van der Waals surface area contributed by atoms with Crippen molar-refractivity contribution in [1.82, 2.24) is 9.97 Å². The normalized spacial score (nSPS) is 10.5. The van der Waals surface area contributed by atoms with E-state index in [1.54, 1.807) is 0 Å². The second-order valence-electron chi connectivity index (χ2n) is 3.70. The molecular formula is C12H11BrN2OS. The van der Waals surface area contributed by atoms with Crippen molar-refractivity contribution < 1.29 is 0 Å². The van der Waals surface area contributed by atoms with E-state index in [9.17, 15) is 4.79 Å². The number of benzene rings is 1. The van der Waals surface area contributed by atoms with E-state index in [-0.39, 0.29) is 5.56 Å². The molecule has 0 aliphatic carbocycles. The lowest BCUT2D eigenvalue weighted by molar-refractivity contribution is 0.990. The Hall–Kier alpha value is -1.07. The molecule has 0 aliphatic heterocycles. The highest BCUT2D eigenvalue weighted by Crippen LogP contribution is 2.30. The van der Waals surface area contributed by atoms with Crippen LogP contribution in [-0.4, -0.2) is 9.97 Å². The van der Waals surface area contributed by atoms with Crippen LogP contribution in [0.2, 0.25) is 0 Å². The smallest absolute Gasteiger partial charge is 0.266 e. The maximum absolute atomic E-state index is 11.4. The average molecular weight is 311 g/mol. The van der Waals surface area contributed by atoms with E-state index in [1.165, 1.54) is 29.2 Å². The molecule has 0 spiro atoms. The van der Waals surface area contributed by atoms with E-state index in [0.29, 0.717) is 9.50 Å². The van der Waals surface area contributed by atoms with Gasteiger partial charge in [-0.2, -0.15) is 0 Å². The maximum atomic E-state index is 11.4. The van der Waals surface area contributed by atoms with Crippen LogP contribution in [0.4, 0.5) is 0 Å². The summed E-state index contributed by atoms with van der Waals surface area (Å²) in [5.41, 5.74) is 2.33. The van der Waals surface area contributed by atoms with Gasteiger partial charge in [-0.15, -0.1) is 0 Å². The first-order chi connectivity index (χ1) is 8.08. The van der Waals surface area contributed by atoms with Gasteiger partial charge in [0.2, 0.25) is 0 Å². The number of H-pyrrole nitrogens is 1. The molecule has 2 rings (SSSR count). The molecule has 0 atom stereocenters. The number of halogens is 1. The van der Waals surface area contributed by atoms with Gasteiger partial charge in [-0.1, -0.05) is 17.8 Å². The van der Waals surface area contributed by atoms with Crippen LogP contribution in [-0.2, 0) is 0 Å². The molecule has 0 aliphatic rings. The first-order valence-corrected chi connectivity index (χ1v) is 6.67. The fourth-order valence-electron chi connectivity index (χ4n) is 1.33. The molecule has 2 aromatic rings. The summed E-state index contributed by atoms with van der Waals surface area (Å²) < 4.78 is 0.475. The van der Waals surface area contributed by atoms with E-state index >= 15 is 0 Å². The minimum atomic E-state index is -0.161. The minimum absolute atomic E-state index is 0.161. The fraction of sp³-hybridized carbons (Fsp3) is 0.167. The van der Waals surface area contributed by atoms with Crippen LogP contribution in [0.25, 0.3) is 0 Å². The van der Waals surface area contributed by atoms with Gasteiger partial charge in [-0.25, -0.2) is 4.98 Å². The molecule has 0 saturated carbocycles. The van der Waals surface area contributed by atoms with E-state index in [0.717, 1.165) is 4.90 Å². The zero-order valence-electron chi connectivity index (χ0n) is 9.45. The molecule has 1 heterocycles. The highest BCUT2D eigenvalue weighted by molar-refractivity contribution is 9.10. The van der Waals surface area contributed by atoms with Crippen molar-refractivity contribution in [2.45, 2.75) is 23.8 Å². The van der Waals surface area contributed by atoms with Crippen LogP contribution >= 0.6 is 27.7 Å². The monoisotopic (exact) mass is 310 g/mol. The first-order valence-electron chi connectivity index (χ1n) is 5.06. The van der Waals surface area contributed by atoms with Gasteiger partial charge in [0.1, 0.15) is 9.50 Å². The Morgan fingerprint density at radius 3 is 2.76 bits per heavy atom. The van der Waals surface area contributed by atoms with Crippen molar-refractivity contribution in [3.63, 3.8) is 0 Å². The van der Waals surface area contributed by atoms with E-state index in [4.69, 9.17) is 0 Å². The molecule has 0 fully saturated rings. The van der Waals surface area contributed by atoms with Crippen molar-refractivity contribution in [2.24, 2.45) is 0 Å². The first kappa shape index (κ1) is 12.4. The van der Waals surface area contributed by atoms with Crippen molar-refractivity contribution in [3.05, 3.63) is 50.5 Å². The SMILES string of the molecule is Cc1ccc(Sc2nc[nH]c(=O)c2Br)cc1C. The molecule has 0 unspecified atom stereocenters. The lowest BCUT2D eigenvalue weighted by Gasteiger charge is -2.05. The molecule has 3 nitrogen and oxygen atoms in total. The lowest BCUT2D eigenvalue weighted by atomic mass is 10.1. The van der Waals surface area contributed by atoms with Crippen molar-refractivity contribution in [2.75, 3.05) is 0 Å². The predicted molar refractivity (Wildman–Crippen MR) is 72.6 cm³/mol. The van der Waals surface area contributed by atoms with Crippen LogP contribution in [0.15, 0.2) is 43.7 Å². The Morgan fingerprint density at radius 2 is 2.06 bits per heavy atom. The van der Waals surface area contributed by atoms with Crippen LogP contribution in [0.5, 0.6) is 0 Å². The van der Waals surface area contributed by atoms with Crippen LogP contribution in [0.1, 0.15) is 11.1 Å². The number of aryl methyl sites for hydroxylation is 2. The second kappa shape index (κ2) is 5.06. The zero-order chi connectivity index (χ0) is 12.4. The zero-order valence-corrected chi connectivity index (χ0v) is 11.9. The highest BCUT2D eigenvalue weighted by atomic mass is 79.9. The van der Waals surface area contributed by atoms with Gasteiger partial charge in [0.05, 0.1) is 6.33 Å². The summed E-state index contributed by atoms with van der Waals surface area (Å²) in [5, 5.41) is 0.678. The number of nitrogens with zero attached hydrogens (tertiary/aromatic N) is 1. The van der Waals surface area contributed by atoms with Gasteiger partial charge in [-0.05, 0) is 53.0 Å². The molecule has 1 aromatic carbocycles. The fourth-order valence-corrected chi connectivity index (χ4v) is 2.67. The largest absolute Gasteiger partial charge is 0.312 e. The minimum Gasteiger partial charge on any atom is -0.312 e. The third-order valence-corrected chi connectivity index (χ3v) is 4.45. The van der Waals surface area contributed by atoms with Gasteiger partial charge in [-0.3, -0.25) is 4.79 Å². The molecule has 5 heteroatoms. The predicted octanol–water partition coefficient (Wildman–Crippen LogP) is 3.30. The Balaban J connectivity index is 2.35. The average Bonchev–Trinajstić information content (AvgIpc) is 2.30. The molecule has 0 bridgehead atoms. The van der Waals surface area contributed by atoms with Gasteiger partial charge in [0.15, 0.2) is 0 Å². The number of hydrogen-bond acceptors (Lipinski definition) is 3. The Morgan fingerprint density at radius 1 is 1.29 bits per heavy atom. The van der Waals surface area contributed by atoms with Crippen molar-refractivity contribution in [1.29, 1.82) is 0 Å². The quantitative estimate of drug-likeness (QED) is 0.866. The number of rotatable bonds is 2. The third kappa shape index (κ3) is 2.79. The molecule has 17 heavy (non-hydrogen) atoms. The second-order valence-corrected chi connectivity index (χ2v) is 5.55. The summed E-state index contributed by atoms with van der Waals surface area (Å²) >= 11 is 4.72. The molecule has 1 N–H and O–H groups in total. The molecule has 0 radical (unpaired) electrons. The summed E-state index contributed by atoms with van der Waals surface area (Å²) in [5.74, 6) is 0. The lowest BCUT2D eigenvalue weighted by Crippen LogP contribution is -2.07. The van der Waals surface area contributed by atoms with Crippen LogP contribution in [0.3, 0.4) is 0 Å². The molecule has 1 aromatic heterocycles. The van der Waals surface area contributed by atoms with Gasteiger partial charge >= 0.3 is 0 Å². The molecule has 88 valence electrons. The number of aromatic amines is 1. The van der Waals surface area contributed by atoms with Gasteiger partial charge < -0.3 is 4.98 Å². The van der Waals surface area contributed by atoms with E-state index in [2.05, 4.69) is 51.9 Å².